The fraction of sp³-hybridized carbons (Fsp3) is 0.464. The molecule has 1 amide bonds. The molecule has 0 aliphatic carbocycles. The third-order valence-electron chi connectivity index (χ3n) is 8.10. The molecule has 208 valence electrons. The van der Waals surface area contributed by atoms with E-state index >= 15 is 4.39 Å². The van der Waals surface area contributed by atoms with Crippen molar-refractivity contribution in [3.63, 3.8) is 0 Å². The van der Waals surface area contributed by atoms with Crippen molar-refractivity contribution >= 4 is 22.9 Å². The highest BCUT2D eigenvalue weighted by Crippen LogP contribution is 2.28. The Balaban J connectivity index is 1.21. The van der Waals surface area contributed by atoms with Crippen LogP contribution in [0, 0.1) is 6.92 Å². The van der Waals surface area contributed by atoms with Crippen LogP contribution in [0.1, 0.15) is 29.0 Å². The highest BCUT2D eigenvalue weighted by molar-refractivity contribution is 5.96. The van der Waals surface area contributed by atoms with Gasteiger partial charge < -0.3 is 19.5 Å². The van der Waals surface area contributed by atoms with Crippen LogP contribution in [0.4, 0.5) is 10.2 Å². The normalized spacial score (nSPS) is 22.1. The number of morpholine rings is 1. The van der Waals surface area contributed by atoms with Gasteiger partial charge in [-0.2, -0.15) is 15.1 Å². The lowest BCUT2D eigenvalue weighted by Crippen LogP contribution is -2.57. The van der Waals surface area contributed by atoms with Crippen LogP contribution in [0.5, 0.6) is 0 Å². The molecule has 2 unspecified atom stereocenters. The number of fused-ring (bicyclic) bond motifs is 1. The van der Waals surface area contributed by atoms with E-state index < -0.39 is 6.17 Å². The SMILES string of the molecule is Cc1cccc(-c2ccn(-c3nc(N4CCOCC4)c4[nH]c(C(=O)N5CCC(N6CCC6)C(F)C5)nc4n3)n2)c1. The van der Waals surface area contributed by atoms with Gasteiger partial charge in [-0.1, -0.05) is 23.8 Å². The molecule has 3 aromatic heterocycles. The molecule has 0 radical (unpaired) electrons. The van der Waals surface area contributed by atoms with Gasteiger partial charge in [0.25, 0.3) is 11.9 Å². The summed E-state index contributed by atoms with van der Waals surface area (Å²) in [4.78, 5) is 36.6. The van der Waals surface area contributed by atoms with E-state index in [0.29, 0.717) is 62.2 Å². The number of anilines is 1. The number of hydrogen-bond donors (Lipinski definition) is 1. The monoisotopic (exact) mass is 545 g/mol. The number of carbonyl (C=O) groups excluding carboxylic acids is 1. The summed E-state index contributed by atoms with van der Waals surface area (Å²) in [5.74, 6) is 0.823. The summed E-state index contributed by atoms with van der Waals surface area (Å²) in [5, 5.41) is 4.73. The quantitative estimate of drug-likeness (QED) is 0.408. The third-order valence-corrected chi connectivity index (χ3v) is 8.10. The first-order valence-electron chi connectivity index (χ1n) is 13.9. The Kier molecular flexibility index (Phi) is 6.43. The largest absolute Gasteiger partial charge is 0.378 e. The Morgan fingerprint density at radius 2 is 1.93 bits per heavy atom. The fourth-order valence-electron chi connectivity index (χ4n) is 5.78. The Hall–Kier alpha value is -3.90. The highest BCUT2D eigenvalue weighted by atomic mass is 19.1. The molecule has 2 atom stereocenters. The number of carbonyl (C=O) groups is 1. The molecule has 0 bridgehead atoms. The molecule has 0 spiro atoms. The molecule has 12 heteroatoms. The molecule has 3 aliphatic heterocycles. The van der Waals surface area contributed by atoms with E-state index in [1.165, 1.54) is 0 Å². The smallest absolute Gasteiger partial charge is 0.289 e. The molecule has 3 aliphatic rings. The van der Waals surface area contributed by atoms with E-state index in [2.05, 4.69) is 30.8 Å². The molecule has 1 N–H and O–H groups in total. The zero-order valence-electron chi connectivity index (χ0n) is 22.5. The molecule has 3 saturated heterocycles. The van der Waals surface area contributed by atoms with Gasteiger partial charge in [0.1, 0.15) is 11.7 Å². The van der Waals surface area contributed by atoms with Gasteiger partial charge in [-0.05, 0) is 45.0 Å². The number of likely N-dealkylation sites (tertiary alicyclic amines) is 2. The Morgan fingerprint density at radius 1 is 1.07 bits per heavy atom. The zero-order chi connectivity index (χ0) is 27.2. The Morgan fingerprint density at radius 3 is 2.67 bits per heavy atom. The number of nitrogens with one attached hydrogen (secondary N) is 1. The summed E-state index contributed by atoms with van der Waals surface area (Å²) in [6, 6.07) is 9.97. The van der Waals surface area contributed by atoms with Crippen molar-refractivity contribution in [1.29, 1.82) is 0 Å². The van der Waals surface area contributed by atoms with Crippen molar-refractivity contribution in [2.24, 2.45) is 0 Å². The standard InChI is InChI=1S/C28H32FN9O2/c1-18-4-2-5-19(16-18)21-6-11-38(34-21)28-32-24-23(26(33-28)36-12-14-40-15-13-36)30-25(31-24)27(39)37-10-7-22(20(29)17-37)35-8-3-9-35/h2,4-6,11,16,20,22H,3,7-10,12-15,17H2,1H3,(H,30,31,32,33). The molecule has 4 aromatic rings. The molecule has 6 heterocycles. The number of amides is 1. The number of halogens is 1. The van der Waals surface area contributed by atoms with Crippen LogP contribution in [0.25, 0.3) is 28.4 Å². The minimum atomic E-state index is -1.07. The van der Waals surface area contributed by atoms with Crippen molar-refractivity contribution in [2.45, 2.75) is 32.0 Å². The number of alkyl halides is 1. The van der Waals surface area contributed by atoms with Crippen LogP contribution in [0.3, 0.4) is 0 Å². The van der Waals surface area contributed by atoms with Gasteiger partial charge in [0.05, 0.1) is 25.5 Å². The summed E-state index contributed by atoms with van der Waals surface area (Å²) >= 11 is 0. The number of benzene rings is 1. The maximum absolute atomic E-state index is 15.0. The third kappa shape index (κ3) is 4.60. The minimum absolute atomic E-state index is 0.0688. The van der Waals surface area contributed by atoms with E-state index in [-0.39, 0.29) is 24.3 Å². The lowest BCUT2D eigenvalue weighted by molar-refractivity contribution is 0.00546. The number of imidazole rings is 1. The fourth-order valence-corrected chi connectivity index (χ4v) is 5.78. The number of nitrogens with zero attached hydrogens (tertiary/aromatic N) is 8. The predicted molar refractivity (Wildman–Crippen MR) is 147 cm³/mol. The minimum Gasteiger partial charge on any atom is -0.378 e. The van der Waals surface area contributed by atoms with Crippen molar-refractivity contribution in [1.82, 2.24) is 39.5 Å². The van der Waals surface area contributed by atoms with Gasteiger partial charge in [-0.3, -0.25) is 9.69 Å². The number of aromatic nitrogens is 6. The Bertz CT molecular complexity index is 1540. The van der Waals surface area contributed by atoms with Gasteiger partial charge >= 0.3 is 0 Å². The molecular weight excluding hydrogens is 513 g/mol. The van der Waals surface area contributed by atoms with Crippen LogP contribution in [-0.4, -0.2) is 110 Å². The molecule has 1 aromatic carbocycles. The maximum atomic E-state index is 15.0. The van der Waals surface area contributed by atoms with Gasteiger partial charge in [-0.25, -0.2) is 14.1 Å². The Labute approximate surface area is 231 Å². The predicted octanol–water partition coefficient (Wildman–Crippen LogP) is 2.61. The maximum Gasteiger partial charge on any atom is 0.289 e. The first-order chi connectivity index (χ1) is 19.5. The molecule has 3 fully saturated rings. The number of aromatic amines is 1. The van der Waals surface area contributed by atoms with E-state index in [1.54, 1.807) is 9.58 Å². The zero-order valence-corrected chi connectivity index (χ0v) is 22.5. The van der Waals surface area contributed by atoms with Gasteiger partial charge in [0, 0.05) is 37.4 Å². The van der Waals surface area contributed by atoms with Crippen molar-refractivity contribution in [3.8, 4) is 17.2 Å². The molecule has 0 saturated carbocycles. The number of ether oxygens (including phenoxy) is 1. The number of piperidine rings is 1. The van der Waals surface area contributed by atoms with Gasteiger partial charge in [-0.15, -0.1) is 0 Å². The summed E-state index contributed by atoms with van der Waals surface area (Å²) < 4.78 is 22.2. The van der Waals surface area contributed by atoms with E-state index in [1.807, 2.05) is 37.4 Å². The lowest BCUT2D eigenvalue weighted by Gasteiger charge is -2.44. The molecule has 7 rings (SSSR count). The second-order valence-corrected chi connectivity index (χ2v) is 10.8. The van der Waals surface area contributed by atoms with Crippen molar-refractivity contribution < 1.29 is 13.9 Å². The van der Waals surface area contributed by atoms with E-state index in [9.17, 15) is 4.79 Å². The van der Waals surface area contributed by atoms with Crippen LogP contribution < -0.4 is 4.90 Å². The van der Waals surface area contributed by atoms with Crippen LogP contribution >= 0.6 is 0 Å². The number of hydrogen-bond acceptors (Lipinski definition) is 8. The summed E-state index contributed by atoms with van der Waals surface area (Å²) in [6.07, 6.45) is 2.49. The average molecular weight is 546 g/mol. The lowest BCUT2D eigenvalue weighted by atomic mass is 9.98. The van der Waals surface area contributed by atoms with Gasteiger partial charge in [0.2, 0.25) is 0 Å². The van der Waals surface area contributed by atoms with Crippen LogP contribution in [0.2, 0.25) is 0 Å². The molecule has 40 heavy (non-hydrogen) atoms. The van der Waals surface area contributed by atoms with Crippen LogP contribution in [-0.2, 0) is 4.74 Å². The summed E-state index contributed by atoms with van der Waals surface area (Å²) in [6.45, 7) is 6.94. The number of H-pyrrole nitrogens is 1. The molecule has 11 nitrogen and oxygen atoms in total. The first kappa shape index (κ1) is 25.1. The van der Waals surface area contributed by atoms with Gasteiger partial charge in [0.15, 0.2) is 17.3 Å². The van der Waals surface area contributed by atoms with E-state index in [0.717, 1.165) is 36.3 Å². The van der Waals surface area contributed by atoms with Crippen molar-refractivity contribution in [3.05, 3.63) is 47.9 Å². The second kappa shape index (κ2) is 10.3. The number of aryl methyl sites for hydroxylation is 1. The highest BCUT2D eigenvalue weighted by Gasteiger charge is 2.38. The first-order valence-corrected chi connectivity index (χ1v) is 13.9. The van der Waals surface area contributed by atoms with Crippen LogP contribution in [0.15, 0.2) is 36.5 Å². The van der Waals surface area contributed by atoms with Crippen molar-refractivity contribution in [2.75, 3.05) is 57.4 Å². The molecular formula is C28H32FN9O2. The average Bonchev–Trinajstić information content (AvgIpc) is 3.61. The summed E-state index contributed by atoms with van der Waals surface area (Å²) in [5.41, 5.74) is 3.91. The number of rotatable bonds is 5. The topological polar surface area (TPSA) is 108 Å². The van der Waals surface area contributed by atoms with E-state index in [4.69, 9.17) is 14.8 Å². The summed E-state index contributed by atoms with van der Waals surface area (Å²) in [7, 11) is 0. The second-order valence-electron chi connectivity index (χ2n) is 10.8.